The highest BCUT2D eigenvalue weighted by molar-refractivity contribution is 7.99. The Hall–Kier alpha value is -0.750. The summed E-state index contributed by atoms with van der Waals surface area (Å²) in [5.41, 5.74) is 0. The van der Waals surface area contributed by atoms with Crippen LogP contribution < -0.4 is 5.32 Å². The van der Waals surface area contributed by atoms with Crippen LogP contribution in [0.1, 0.15) is 19.3 Å². The topological polar surface area (TPSA) is 58.6 Å². The predicted octanol–water partition coefficient (Wildman–Crippen LogP) is 0.493. The summed E-state index contributed by atoms with van der Waals surface area (Å²) < 4.78 is 4.56. The first-order chi connectivity index (χ1) is 8.63. The smallest absolute Gasteiger partial charge is 0.305 e. The molecule has 1 aliphatic heterocycles. The van der Waals surface area contributed by atoms with E-state index in [1.165, 1.54) is 7.11 Å². The van der Waals surface area contributed by atoms with E-state index in [-0.39, 0.29) is 11.9 Å². The van der Waals surface area contributed by atoms with Crippen molar-refractivity contribution in [1.82, 2.24) is 10.2 Å². The van der Waals surface area contributed by atoms with Gasteiger partial charge in [-0.05, 0) is 6.42 Å². The molecular weight excluding hydrogens is 252 g/mol. The molecule has 1 atom stereocenters. The quantitative estimate of drug-likeness (QED) is 0.715. The van der Waals surface area contributed by atoms with Gasteiger partial charge in [-0.3, -0.25) is 9.59 Å². The lowest BCUT2D eigenvalue weighted by molar-refractivity contribution is -0.141. The summed E-state index contributed by atoms with van der Waals surface area (Å²) in [6.45, 7) is 1.59. The van der Waals surface area contributed by atoms with Crippen LogP contribution in [0.15, 0.2) is 0 Å². The van der Waals surface area contributed by atoms with Gasteiger partial charge in [-0.15, -0.1) is 0 Å². The normalized spacial score (nSPS) is 19.3. The minimum absolute atomic E-state index is 0.139. The molecule has 0 aromatic carbocycles. The molecule has 6 heteroatoms. The molecule has 0 radical (unpaired) electrons. The molecule has 0 spiro atoms. The minimum atomic E-state index is -0.221. The van der Waals surface area contributed by atoms with Gasteiger partial charge >= 0.3 is 5.97 Å². The number of nitrogens with one attached hydrogen (secondary N) is 1. The van der Waals surface area contributed by atoms with Crippen LogP contribution in [-0.2, 0) is 14.3 Å². The van der Waals surface area contributed by atoms with Gasteiger partial charge in [0.1, 0.15) is 0 Å². The maximum atomic E-state index is 11.9. The molecule has 1 amide bonds. The van der Waals surface area contributed by atoms with Gasteiger partial charge in [0.2, 0.25) is 5.91 Å². The first kappa shape index (κ1) is 15.3. The summed E-state index contributed by atoms with van der Waals surface area (Å²) in [5.74, 6) is 2.04. The largest absolute Gasteiger partial charge is 0.469 e. The molecule has 1 fully saturated rings. The number of carbonyl (C=O) groups excluding carboxylic acids is 2. The van der Waals surface area contributed by atoms with Crippen LogP contribution in [-0.4, -0.2) is 61.6 Å². The van der Waals surface area contributed by atoms with E-state index in [1.807, 2.05) is 11.8 Å². The van der Waals surface area contributed by atoms with Crippen molar-refractivity contribution in [3.63, 3.8) is 0 Å². The van der Waals surface area contributed by atoms with E-state index in [0.717, 1.165) is 18.1 Å². The highest BCUT2D eigenvalue weighted by Gasteiger charge is 2.18. The molecule has 0 aromatic heterocycles. The van der Waals surface area contributed by atoms with Gasteiger partial charge in [-0.25, -0.2) is 0 Å². The van der Waals surface area contributed by atoms with E-state index >= 15 is 0 Å². The zero-order valence-electron chi connectivity index (χ0n) is 11.1. The van der Waals surface area contributed by atoms with Gasteiger partial charge in [0.05, 0.1) is 7.11 Å². The van der Waals surface area contributed by atoms with E-state index < -0.39 is 0 Å². The molecule has 5 nitrogen and oxygen atoms in total. The summed E-state index contributed by atoms with van der Waals surface area (Å²) in [7, 11) is 3.17. The number of ether oxygens (including phenoxy) is 1. The molecule has 1 heterocycles. The number of amides is 1. The van der Waals surface area contributed by atoms with Gasteiger partial charge in [0, 0.05) is 50.5 Å². The summed E-state index contributed by atoms with van der Waals surface area (Å²) >= 11 is 1.89. The Labute approximate surface area is 113 Å². The van der Waals surface area contributed by atoms with E-state index in [2.05, 4.69) is 10.1 Å². The summed E-state index contributed by atoms with van der Waals surface area (Å²) in [4.78, 5) is 24.6. The Morgan fingerprint density at radius 2 is 2.28 bits per heavy atom. The number of methoxy groups -OCH3 is 1. The number of esters is 1. The number of nitrogens with zero attached hydrogens (tertiary/aromatic N) is 1. The van der Waals surface area contributed by atoms with Crippen LogP contribution in [0.3, 0.4) is 0 Å². The van der Waals surface area contributed by atoms with E-state index in [1.54, 1.807) is 11.9 Å². The first-order valence-electron chi connectivity index (χ1n) is 6.25. The van der Waals surface area contributed by atoms with Crippen molar-refractivity contribution in [2.24, 2.45) is 0 Å². The number of rotatable bonds is 6. The predicted molar refractivity (Wildman–Crippen MR) is 72.6 cm³/mol. The van der Waals surface area contributed by atoms with Crippen LogP contribution in [0.2, 0.25) is 0 Å². The van der Waals surface area contributed by atoms with E-state index in [9.17, 15) is 9.59 Å². The van der Waals surface area contributed by atoms with Crippen LogP contribution in [0, 0.1) is 0 Å². The molecule has 0 saturated carbocycles. The molecular formula is C12H22N2O3S. The molecule has 1 rings (SSSR count). The molecule has 1 N–H and O–H groups in total. The summed E-state index contributed by atoms with van der Waals surface area (Å²) in [5, 5.41) is 3.35. The fourth-order valence-corrected chi connectivity index (χ4v) is 2.75. The van der Waals surface area contributed by atoms with Crippen LogP contribution in [0.4, 0.5) is 0 Å². The lowest BCUT2D eigenvalue weighted by atomic mass is 10.2. The zero-order chi connectivity index (χ0) is 13.4. The Kier molecular flexibility index (Phi) is 7.12. The van der Waals surface area contributed by atoms with Crippen molar-refractivity contribution in [2.45, 2.75) is 25.3 Å². The van der Waals surface area contributed by atoms with Crippen LogP contribution in [0.25, 0.3) is 0 Å². The molecule has 18 heavy (non-hydrogen) atoms. The van der Waals surface area contributed by atoms with Crippen molar-refractivity contribution in [2.75, 3.05) is 38.8 Å². The number of thioether (sulfide) groups is 1. The number of carbonyl (C=O) groups is 2. The van der Waals surface area contributed by atoms with Gasteiger partial charge in [-0.2, -0.15) is 11.8 Å². The maximum Gasteiger partial charge on any atom is 0.305 e. The summed E-state index contributed by atoms with van der Waals surface area (Å²) in [6.07, 6.45) is 1.56. The molecule has 1 saturated heterocycles. The van der Waals surface area contributed by atoms with Gasteiger partial charge in [-0.1, -0.05) is 0 Å². The second-order valence-electron chi connectivity index (χ2n) is 4.43. The third-order valence-electron chi connectivity index (χ3n) is 2.95. The molecule has 0 aliphatic carbocycles. The van der Waals surface area contributed by atoms with Crippen molar-refractivity contribution in [3.05, 3.63) is 0 Å². The maximum absolute atomic E-state index is 11.9. The molecule has 0 bridgehead atoms. The molecule has 104 valence electrons. The SMILES string of the molecule is COC(=O)CCCN(C)C(=O)CC1CSCCN1. The van der Waals surface area contributed by atoms with Crippen molar-refractivity contribution in [1.29, 1.82) is 0 Å². The summed E-state index contributed by atoms with van der Waals surface area (Å²) in [6, 6.07) is 0.291. The van der Waals surface area contributed by atoms with Gasteiger partial charge in [0.25, 0.3) is 0 Å². The second kappa shape index (κ2) is 8.37. The Morgan fingerprint density at radius 3 is 2.89 bits per heavy atom. The minimum Gasteiger partial charge on any atom is -0.469 e. The van der Waals surface area contributed by atoms with Gasteiger partial charge in [0.15, 0.2) is 0 Å². The highest BCUT2D eigenvalue weighted by Crippen LogP contribution is 2.11. The van der Waals surface area contributed by atoms with E-state index in [4.69, 9.17) is 0 Å². The van der Waals surface area contributed by atoms with Gasteiger partial charge < -0.3 is 15.0 Å². The lowest BCUT2D eigenvalue weighted by Crippen LogP contribution is -2.42. The zero-order valence-corrected chi connectivity index (χ0v) is 11.9. The monoisotopic (exact) mass is 274 g/mol. The Balaban J connectivity index is 2.17. The van der Waals surface area contributed by atoms with Crippen molar-refractivity contribution >= 4 is 23.6 Å². The molecule has 1 unspecified atom stereocenters. The molecule has 1 aliphatic rings. The average Bonchev–Trinajstić information content (AvgIpc) is 2.39. The Morgan fingerprint density at radius 1 is 1.50 bits per heavy atom. The first-order valence-corrected chi connectivity index (χ1v) is 7.41. The average molecular weight is 274 g/mol. The lowest BCUT2D eigenvalue weighted by Gasteiger charge is -2.25. The third kappa shape index (κ3) is 5.73. The number of hydrogen-bond donors (Lipinski definition) is 1. The van der Waals surface area contributed by atoms with Crippen LogP contribution in [0.5, 0.6) is 0 Å². The van der Waals surface area contributed by atoms with E-state index in [0.29, 0.717) is 31.8 Å². The van der Waals surface area contributed by atoms with Crippen molar-refractivity contribution in [3.8, 4) is 0 Å². The standard InChI is InChI=1S/C12H22N2O3S/c1-14(6-3-4-12(16)17-2)11(15)8-10-9-18-7-5-13-10/h10,13H,3-9H2,1-2H3. The fourth-order valence-electron chi connectivity index (χ4n) is 1.80. The fraction of sp³-hybridized carbons (Fsp3) is 0.833. The second-order valence-corrected chi connectivity index (χ2v) is 5.57. The highest BCUT2D eigenvalue weighted by atomic mass is 32.2. The molecule has 0 aromatic rings. The van der Waals surface area contributed by atoms with Crippen LogP contribution >= 0.6 is 11.8 Å². The van der Waals surface area contributed by atoms with Crippen molar-refractivity contribution < 1.29 is 14.3 Å². The third-order valence-corrected chi connectivity index (χ3v) is 4.08. The Bertz CT molecular complexity index is 280. The number of hydrogen-bond acceptors (Lipinski definition) is 5.